The average molecular weight is 974 g/mol. The van der Waals surface area contributed by atoms with E-state index in [9.17, 15) is 14.4 Å². The van der Waals surface area contributed by atoms with E-state index in [2.05, 4.69) is 32.9 Å². The first-order chi connectivity index (χ1) is 34.0. The molecule has 0 aromatic heterocycles. The highest BCUT2D eigenvalue weighted by Gasteiger charge is 2.19. The second-order valence-corrected chi connectivity index (χ2v) is 21.3. The van der Waals surface area contributed by atoms with Gasteiger partial charge >= 0.3 is 17.9 Å². The highest BCUT2D eigenvalue weighted by Crippen LogP contribution is 2.18. The summed E-state index contributed by atoms with van der Waals surface area (Å²) in [7, 11) is 0. The Kier molecular flexibility index (Phi) is 57.1. The number of unbranched alkanes of at least 4 members (excludes halogenated alkanes) is 45. The van der Waals surface area contributed by atoms with Crippen molar-refractivity contribution in [2.75, 3.05) is 13.2 Å². The molecule has 69 heavy (non-hydrogen) atoms. The minimum absolute atomic E-state index is 0.0672. The molecule has 0 N–H and O–H groups in total. The fourth-order valence-electron chi connectivity index (χ4n) is 9.56. The Balaban J connectivity index is 4.20. The fraction of sp³-hybridized carbons (Fsp3) is 0.921. The molecule has 0 saturated carbocycles. The number of allylic oxidation sites excluding steroid dienone is 2. The molecule has 0 aromatic carbocycles. The number of carbonyl (C=O) groups is 3. The smallest absolute Gasteiger partial charge is 0.306 e. The van der Waals surface area contributed by atoms with Crippen molar-refractivity contribution < 1.29 is 28.6 Å². The van der Waals surface area contributed by atoms with Gasteiger partial charge in [0.15, 0.2) is 6.10 Å². The van der Waals surface area contributed by atoms with Crippen LogP contribution in [0.1, 0.15) is 355 Å². The summed E-state index contributed by atoms with van der Waals surface area (Å²) in [5, 5.41) is 0. The van der Waals surface area contributed by atoms with Gasteiger partial charge in [0.25, 0.3) is 0 Å². The Bertz CT molecular complexity index is 1070. The van der Waals surface area contributed by atoms with Gasteiger partial charge in [-0.05, 0) is 44.9 Å². The van der Waals surface area contributed by atoms with Crippen LogP contribution in [0.25, 0.3) is 0 Å². The average Bonchev–Trinajstić information content (AvgIpc) is 3.35. The van der Waals surface area contributed by atoms with Crippen LogP contribution in [0.5, 0.6) is 0 Å². The maximum absolute atomic E-state index is 12.8. The number of hydrogen-bond donors (Lipinski definition) is 0. The molecule has 0 aliphatic heterocycles. The number of hydrogen-bond acceptors (Lipinski definition) is 6. The van der Waals surface area contributed by atoms with Gasteiger partial charge in [-0.25, -0.2) is 0 Å². The molecule has 0 amide bonds. The molecule has 0 aliphatic rings. The van der Waals surface area contributed by atoms with Crippen LogP contribution < -0.4 is 0 Å². The topological polar surface area (TPSA) is 78.9 Å². The monoisotopic (exact) mass is 973 g/mol. The highest BCUT2D eigenvalue weighted by molar-refractivity contribution is 5.71. The molecule has 0 bridgehead atoms. The second-order valence-electron chi connectivity index (χ2n) is 21.3. The third-order valence-electron chi connectivity index (χ3n) is 14.3. The van der Waals surface area contributed by atoms with Gasteiger partial charge in [-0.3, -0.25) is 14.4 Å². The van der Waals surface area contributed by atoms with Crippen LogP contribution in [0.3, 0.4) is 0 Å². The largest absolute Gasteiger partial charge is 0.462 e. The van der Waals surface area contributed by atoms with Gasteiger partial charge in [-0.2, -0.15) is 0 Å². The second kappa shape index (κ2) is 58.7. The van der Waals surface area contributed by atoms with Crippen molar-refractivity contribution in [3.8, 4) is 0 Å². The van der Waals surface area contributed by atoms with Crippen LogP contribution in [0.15, 0.2) is 12.2 Å². The zero-order valence-corrected chi connectivity index (χ0v) is 46.9. The summed E-state index contributed by atoms with van der Waals surface area (Å²) in [4.78, 5) is 38.2. The van der Waals surface area contributed by atoms with Gasteiger partial charge in [0.2, 0.25) is 0 Å². The molecule has 0 rings (SSSR count). The lowest BCUT2D eigenvalue weighted by Gasteiger charge is -2.18. The van der Waals surface area contributed by atoms with E-state index in [1.807, 2.05) is 0 Å². The van der Waals surface area contributed by atoms with E-state index in [4.69, 9.17) is 14.2 Å². The van der Waals surface area contributed by atoms with Gasteiger partial charge in [0, 0.05) is 19.3 Å². The van der Waals surface area contributed by atoms with Crippen LogP contribution in [0.4, 0.5) is 0 Å². The quantitative estimate of drug-likeness (QED) is 0.0261. The first-order valence-corrected chi connectivity index (χ1v) is 31.2. The molecule has 0 aromatic rings. The lowest BCUT2D eigenvalue weighted by Crippen LogP contribution is -2.30. The molecule has 0 fully saturated rings. The molecule has 6 heteroatoms. The molecular formula is C63H120O6. The summed E-state index contributed by atoms with van der Waals surface area (Å²) in [6.45, 7) is 6.69. The van der Waals surface area contributed by atoms with Gasteiger partial charge in [0.05, 0.1) is 0 Å². The molecule has 1 atom stereocenters. The van der Waals surface area contributed by atoms with Crippen molar-refractivity contribution in [1.29, 1.82) is 0 Å². The maximum Gasteiger partial charge on any atom is 0.306 e. The van der Waals surface area contributed by atoms with Crippen molar-refractivity contribution in [3.05, 3.63) is 12.2 Å². The first kappa shape index (κ1) is 67.1. The number of carbonyl (C=O) groups excluding carboxylic acids is 3. The van der Waals surface area contributed by atoms with Gasteiger partial charge < -0.3 is 14.2 Å². The molecule has 0 spiro atoms. The van der Waals surface area contributed by atoms with Crippen molar-refractivity contribution in [2.45, 2.75) is 361 Å². The minimum atomic E-state index is -0.769. The zero-order valence-electron chi connectivity index (χ0n) is 46.9. The molecule has 1 unspecified atom stereocenters. The summed E-state index contributed by atoms with van der Waals surface area (Å²) in [5.74, 6) is -0.849. The summed E-state index contributed by atoms with van der Waals surface area (Å²) in [6.07, 6.45) is 67.9. The molecule has 0 saturated heterocycles. The van der Waals surface area contributed by atoms with Crippen LogP contribution >= 0.6 is 0 Å². The molecule has 0 radical (unpaired) electrons. The van der Waals surface area contributed by atoms with Crippen LogP contribution in [-0.4, -0.2) is 37.2 Å². The predicted molar refractivity (Wildman–Crippen MR) is 298 cm³/mol. The molecular weight excluding hydrogens is 853 g/mol. The Labute approximate surface area is 431 Å². The van der Waals surface area contributed by atoms with Crippen molar-refractivity contribution >= 4 is 17.9 Å². The first-order valence-electron chi connectivity index (χ1n) is 31.2. The van der Waals surface area contributed by atoms with E-state index < -0.39 is 6.10 Å². The minimum Gasteiger partial charge on any atom is -0.462 e. The van der Waals surface area contributed by atoms with Crippen molar-refractivity contribution in [3.63, 3.8) is 0 Å². The van der Waals surface area contributed by atoms with E-state index in [-0.39, 0.29) is 31.1 Å². The Hall–Kier alpha value is -1.85. The van der Waals surface area contributed by atoms with Gasteiger partial charge in [-0.1, -0.05) is 303 Å². The van der Waals surface area contributed by atoms with E-state index in [1.165, 1.54) is 250 Å². The predicted octanol–water partition coefficient (Wildman–Crippen LogP) is 20.9. The third-order valence-corrected chi connectivity index (χ3v) is 14.3. The van der Waals surface area contributed by atoms with Crippen molar-refractivity contribution in [2.24, 2.45) is 0 Å². The Morgan fingerprint density at radius 3 is 0.725 bits per heavy atom. The van der Waals surface area contributed by atoms with Crippen LogP contribution in [0.2, 0.25) is 0 Å². The molecule has 408 valence electrons. The SMILES string of the molecule is CCCCCCC/C=C\CCCCCCCC(=O)OC(COC(=O)CCCCCCCCCCCCCCC)COC(=O)CCCCCCCCCCCCCCCCCCCCCCCCCC. The lowest BCUT2D eigenvalue weighted by atomic mass is 10.0. The van der Waals surface area contributed by atoms with Crippen LogP contribution in [-0.2, 0) is 28.6 Å². The van der Waals surface area contributed by atoms with E-state index in [0.29, 0.717) is 19.3 Å². The molecule has 6 nitrogen and oxygen atoms in total. The van der Waals surface area contributed by atoms with E-state index >= 15 is 0 Å². The maximum atomic E-state index is 12.8. The molecule has 0 aliphatic carbocycles. The zero-order chi connectivity index (χ0) is 50.0. The third kappa shape index (κ3) is 56.9. The number of ether oxygens (including phenoxy) is 3. The standard InChI is InChI=1S/C63H120O6/c1-4-7-10-13-16-19-22-25-27-28-29-30-31-32-33-34-35-36-39-41-44-47-50-53-56-62(65)68-59-60(58-67-61(64)55-52-49-46-43-40-37-24-21-18-15-12-9-6-3)69-63(66)57-54-51-48-45-42-38-26-23-20-17-14-11-8-5-2/h23,26,60H,4-22,24-25,27-59H2,1-3H3/b26-23-. The van der Waals surface area contributed by atoms with Crippen LogP contribution in [0, 0.1) is 0 Å². The molecule has 0 heterocycles. The number of esters is 3. The van der Waals surface area contributed by atoms with E-state index in [1.54, 1.807) is 0 Å². The lowest BCUT2D eigenvalue weighted by molar-refractivity contribution is -0.167. The Morgan fingerprint density at radius 1 is 0.275 bits per heavy atom. The van der Waals surface area contributed by atoms with E-state index in [0.717, 1.165) is 64.2 Å². The van der Waals surface area contributed by atoms with Gasteiger partial charge in [0.1, 0.15) is 13.2 Å². The van der Waals surface area contributed by atoms with Crippen molar-refractivity contribution in [1.82, 2.24) is 0 Å². The summed E-state index contributed by atoms with van der Waals surface area (Å²) in [6, 6.07) is 0. The Morgan fingerprint density at radius 2 is 0.478 bits per heavy atom. The highest BCUT2D eigenvalue weighted by atomic mass is 16.6. The van der Waals surface area contributed by atoms with Gasteiger partial charge in [-0.15, -0.1) is 0 Å². The normalized spacial score (nSPS) is 12.0. The number of rotatable bonds is 58. The summed E-state index contributed by atoms with van der Waals surface area (Å²) in [5.41, 5.74) is 0. The summed E-state index contributed by atoms with van der Waals surface area (Å²) < 4.78 is 16.9. The summed E-state index contributed by atoms with van der Waals surface area (Å²) >= 11 is 0. The fourth-order valence-corrected chi connectivity index (χ4v) is 9.56.